The molecule has 2 saturated heterocycles. The zero-order valence-electron chi connectivity index (χ0n) is 18.3. The smallest absolute Gasteiger partial charge is 0.330 e. The van der Waals surface area contributed by atoms with Gasteiger partial charge in [0.15, 0.2) is 0 Å². The number of hydrogen-bond acceptors (Lipinski definition) is 6. The van der Waals surface area contributed by atoms with Gasteiger partial charge in [-0.1, -0.05) is 30.3 Å². The third-order valence-corrected chi connectivity index (χ3v) is 6.20. The molecule has 172 valence electrons. The van der Waals surface area contributed by atoms with Crippen LogP contribution in [0.3, 0.4) is 0 Å². The number of carbonyl (C=O) groups is 1. The maximum absolute atomic E-state index is 13.0. The molecular formula is C23H31N5O4. The number of likely N-dealkylation sites (tertiary alicyclic amines) is 1. The minimum Gasteiger partial charge on any atom is -0.383 e. The minimum absolute atomic E-state index is 0.0245. The van der Waals surface area contributed by atoms with Crippen molar-refractivity contribution in [3.05, 3.63) is 56.7 Å². The van der Waals surface area contributed by atoms with Crippen molar-refractivity contribution < 1.29 is 9.53 Å². The fourth-order valence-corrected chi connectivity index (χ4v) is 4.48. The molecule has 32 heavy (non-hydrogen) atoms. The molecular weight excluding hydrogens is 410 g/mol. The van der Waals surface area contributed by atoms with Gasteiger partial charge in [-0.3, -0.25) is 19.1 Å². The van der Waals surface area contributed by atoms with E-state index in [2.05, 4.69) is 4.98 Å². The highest BCUT2D eigenvalue weighted by Crippen LogP contribution is 2.22. The first kappa shape index (κ1) is 22.1. The highest BCUT2D eigenvalue weighted by molar-refractivity contribution is 5.82. The number of aromatic nitrogens is 2. The van der Waals surface area contributed by atoms with Gasteiger partial charge in [-0.05, 0) is 37.7 Å². The van der Waals surface area contributed by atoms with E-state index in [9.17, 15) is 14.4 Å². The molecule has 0 spiro atoms. The van der Waals surface area contributed by atoms with Gasteiger partial charge >= 0.3 is 5.69 Å². The van der Waals surface area contributed by atoms with Crippen molar-refractivity contribution in [1.29, 1.82) is 0 Å². The third-order valence-electron chi connectivity index (χ3n) is 6.20. The number of nitrogens with two attached hydrogens (primary N) is 1. The maximum atomic E-state index is 13.0. The van der Waals surface area contributed by atoms with Crippen LogP contribution in [0.4, 0.5) is 11.5 Å². The van der Waals surface area contributed by atoms with Crippen LogP contribution in [0.1, 0.15) is 37.7 Å². The van der Waals surface area contributed by atoms with Gasteiger partial charge in [0.25, 0.3) is 5.56 Å². The second kappa shape index (κ2) is 10.0. The molecule has 0 aliphatic carbocycles. The molecule has 1 amide bonds. The predicted molar refractivity (Wildman–Crippen MR) is 123 cm³/mol. The summed E-state index contributed by atoms with van der Waals surface area (Å²) in [7, 11) is 0. The molecule has 3 heterocycles. The summed E-state index contributed by atoms with van der Waals surface area (Å²) in [6.07, 6.45) is 4.82. The van der Waals surface area contributed by atoms with Crippen molar-refractivity contribution in [3.8, 4) is 0 Å². The predicted octanol–water partition coefficient (Wildman–Crippen LogP) is 1.17. The number of anilines is 2. The van der Waals surface area contributed by atoms with Crippen LogP contribution in [0.25, 0.3) is 0 Å². The molecule has 9 heteroatoms. The van der Waals surface area contributed by atoms with E-state index < -0.39 is 11.2 Å². The maximum Gasteiger partial charge on any atom is 0.330 e. The summed E-state index contributed by atoms with van der Waals surface area (Å²) in [5.74, 6) is 0.0225. The van der Waals surface area contributed by atoms with Crippen LogP contribution in [0.15, 0.2) is 39.9 Å². The highest BCUT2D eigenvalue weighted by atomic mass is 16.5. The van der Waals surface area contributed by atoms with Gasteiger partial charge in [-0.15, -0.1) is 0 Å². The second-order valence-corrected chi connectivity index (χ2v) is 8.52. The summed E-state index contributed by atoms with van der Waals surface area (Å²) in [6.45, 7) is 2.74. The zero-order chi connectivity index (χ0) is 22.5. The van der Waals surface area contributed by atoms with Crippen molar-refractivity contribution in [1.82, 2.24) is 14.5 Å². The SMILES string of the molecule is Nc1c(N(CC(=O)N2CCCCC2)C[C@H]2CCCO2)c(=O)[nH]c(=O)n1Cc1ccccc1. The van der Waals surface area contributed by atoms with Crippen LogP contribution in [0.5, 0.6) is 0 Å². The number of ether oxygens (including phenoxy) is 1. The van der Waals surface area contributed by atoms with E-state index in [0.717, 1.165) is 50.8 Å². The van der Waals surface area contributed by atoms with E-state index in [4.69, 9.17) is 10.5 Å². The normalized spacial score (nSPS) is 18.6. The lowest BCUT2D eigenvalue weighted by Gasteiger charge is -2.32. The second-order valence-electron chi connectivity index (χ2n) is 8.52. The number of amides is 1. The average molecular weight is 442 g/mol. The van der Waals surface area contributed by atoms with Crippen molar-refractivity contribution in [2.45, 2.75) is 44.8 Å². The number of nitrogens with zero attached hydrogens (tertiary/aromatic N) is 3. The lowest BCUT2D eigenvalue weighted by atomic mass is 10.1. The lowest BCUT2D eigenvalue weighted by molar-refractivity contribution is -0.130. The highest BCUT2D eigenvalue weighted by Gasteiger charge is 2.28. The first-order valence-corrected chi connectivity index (χ1v) is 11.3. The van der Waals surface area contributed by atoms with Crippen LogP contribution in [-0.2, 0) is 16.1 Å². The third kappa shape index (κ3) is 5.04. The van der Waals surface area contributed by atoms with Gasteiger partial charge in [0.2, 0.25) is 5.91 Å². The molecule has 0 bridgehead atoms. The molecule has 4 rings (SSSR count). The first-order chi connectivity index (χ1) is 15.5. The number of nitrogens with one attached hydrogen (secondary N) is 1. The van der Waals surface area contributed by atoms with Crippen LogP contribution in [0.2, 0.25) is 0 Å². The summed E-state index contributed by atoms with van der Waals surface area (Å²) in [4.78, 5) is 44.4. The number of rotatable bonds is 7. The number of nitrogen functional groups attached to an aromatic ring is 1. The number of piperidine rings is 1. The number of benzene rings is 1. The summed E-state index contributed by atoms with van der Waals surface area (Å²) < 4.78 is 7.12. The molecule has 2 fully saturated rings. The Labute approximate surface area is 186 Å². The Kier molecular flexibility index (Phi) is 6.94. The molecule has 2 aromatic rings. The topological polar surface area (TPSA) is 114 Å². The zero-order valence-corrected chi connectivity index (χ0v) is 18.3. The average Bonchev–Trinajstić information content (AvgIpc) is 3.31. The molecule has 9 nitrogen and oxygen atoms in total. The summed E-state index contributed by atoms with van der Waals surface area (Å²) in [5, 5.41) is 0. The van der Waals surface area contributed by atoms with Crippen molar-refractivity contribution in [2.75, 3.05) is 43.4 Å². The molecule has 1 aromatic heterocycles. The molecule has 2 aliphatic rings. The first-order valence-electron chi connectivity index (χ1n) is 11.3. The fraction of sp³-hybridized carbons (Fsp3) is 0.522. The summed E-state index contributed by atoms with van der Waals surface area (Å²) >= 11 is 0. The van der Waals surface area contributed by atoms with E-state index in [-0.39, 0.29) is 36.6 Å². The molecule has 1 aromatic carbocycles. The fourth-order valence-electron chi connectivity index (χ4n) is 4.48. The quantitative estimate of drug-likeness (QED) is 0.667. The molecule has 1 atom stereocenters. The van der Waals surface area contributed by atoms with Crippen LogP contribution in [0, 0.1) is 0 Å². The number of aromatic amines is 1. The van der Waals surface area contributed by atoms with Crippen LogP contribution in [-0.4, -0.2) is 59.2 Å². The molecule has 0 unspecified atom stereocenters. The van der Waals surface area contributed by atoms with Crippen molar-refractivity contribution in [3.63, 3.8) is 0 Å². The summed E-state index contributed by atoms with van der Waals surface area (Å²) in [5.41, 5.74) is 6.28. The molecule has 2 aliphatic heterocycles. The molecule has 0 radical (unpaired) electrons. The number of H-pyrrole nitrogens is 1. The van der Waals surface area contributed by atoms with Gasteiger partial charge in [-0.25, -0.2) is 4.79 Å². The Morgan fingerprint density at radius 3 is 2.56 bits per heavy atom. The van der Waals surface area contributed by atoms with Gasteiger partial charge in [0, 0.05) is 26.2 Å². The number of carbonyl (C=O) groups excluding carboxylic acids is 1. The van der Waals surface area contributed by atoms with Crippen LogP contribution >= 0.6 is 0 Å². The van der Waals surface area contributed by atoms with Gasteiger partial charge < -0.3 is 20.3 Å². The minimum atomic E-state index is -0.582. The molecule has 3 N–H and O–H groups in total. The van der Waals surface area contributed by atoms with E-state index in [1.54, 1.807) is 4.90 Å². The number of hydrogen-bond donors (Lipinski definition) is 2. The lowest BCUT2D eigenvalue weighted by Crippen LogP contribution is -2.47. The van der Waals surface area contributed by atoms with E-state index in [1.807, 2.05) is 35.2 Å². The Hall–Kier alpha value is -3.07. The van der Waals surface area contributed by atoms with Gasteiger partial charge in [-0.2, -0.15) is 0 Å². The standard InChI is InChI=1S/C23H31N5O4/c24-21-20(22(30)25-23(31)28(21)14-17-8-3-1-4-9-17)27(15-18-10-7-13-32-18)16-19(29)26-11-5-2-6-12-26/h1,3-4,8-9,18H,2,5-7,10-16,24H2,(H,25,30,31)/t18-/m1/s1. The van der Waals surface area contributed by atoms with E-state index in [1.165, 1.54) is 4.57 Å². The van der Waals surface area contributed by atoms with Crippen molar-refractivity contribution >= 4 is 17.4 Å². The van der Waals surface area contributed by atoms with Crippen LogP contribution < -0.4 is 21.9 Å². The van der Waals surface area contributed by atoms with E-state index in [0.29, 0.717) is 13.2 Å². The Morgan fingerprint density at radius 2 is 1.88 bits per heavy atom. The Bertz CT molecular complexity index is 1040. The van der Waals surface area contributed by atoms with Gasteiger partial charge in [0.05, 0.1) is 19.2 Å². The van der Waals surface area contributed by atoms with Crippen molar-refractivity contribution in [2.24, 2.45) is 0 Å². The largest absolute Gasteiger partial charge is 0.383 e. The van der Waals surface area contributed by atoms with E-state index >= 15 is 0 Å². The Balaban J connectivity index is 1.67. The van der Waals surface area contributed by atoms with Gasteiger partial charge in [0.1, 0.15) is 11.5 Å². The Morgan fingerprint density at radius 1 is 1.12 bits per heavy atom. The molecule has 0 saturated carbocycles. The monoisotopic (exact) mass is 441 g/mol. The summed E-state index contributed by atoms with van der Waals surface area (Å²) in [6, 6.07) is 9.43.